The molecule has 1 aromatic rings. The van der Waals surface area contributed by atoms with E-state index in [-0.39, 0.29) is 22.5 Å². The van der Waals surface area contributed by atoms with Gasteiger partial charge in [-0.15, -0.1) is 23.2 Å². The molecule has 24 heavy (non-hydrogen) atoms. The monoisotopic (exact) mass is 392 g/mol. The van der Waals surface area contributed by atoms with Crippen LogP contribution in [0.15, 0.2) is 23.1 Å². The quantitative estimate of drug-likeness (QED) is 0.728. The van der Waals surface area contributed by atoms with Crippen molar-refractivity contribution in [2.24, 2.45) is 5.41 Å². The highest BCUT2D eigenvalue weighted by molar-refractivity contribution is 7.89. The molecule has 1 amide bonds. The molecule has 0 unspecified atom stereocenters. The Balaban J connectivity index is 1.86. The van der Waals surface area contributed by atoms with Crippen LogP contribution in [0, 0.1) is 5.41 Å². The Labute approximate surface area is 150 Å². The molecule has 0 radical (unpaired) electrons. The molecule has 0 bridgehead atoms. The lowest BCUT2D eigenvalue weighted by Crippen LogP contribution is -2.27. The zero-order valence-electron chi connectivity index (χ0n) is 13.2. The minimum atomic E-state index is -3.63. The zero-order chi connectivity index (χ0) is 17.8. The minimum Gasteiger partial charge on any atom is -0.495 e. The van der Waals surface area contributed by atoms with E-state index in [9.17, 15) is 13.2 Å². The van der Waals surface area contributed by atoms with E-state index in [0.29, 0.717) is 12.2 Å². The SMILES string of the molecule is COc1ccc(S(=O)(=O)NC2CC2)cc1NC(=O)[C@@]1(C)CC1(Cl)Cl. The highest BCUT2D eigenvalue weighted by Gasteiger charge is 2.68. The molecular formula is C15H18Cl2N2O4S. The van der Waals surface area contributed by atoms with Crippen LogP contribution in [-0.2, 0) is 14.8 Å². The molecule has 2 aliphatic rings. The van der Waals surface area contributed by atoms with E-state index in [0.717, 1.165) is 12.8 Å². The number of methoxy groups -OCH3 is 1. The van der Waals surface area contributed by atoms with Gasteiger partial charge in [-0.2, -0.15) is 0 Å². The lowest BCUT2D eigenvalue weighted by molar-refractivity contribution is -0.120. The van der Waals surface area contributed by atoms with E-state index in [1.165, 1.54) is 25.3 Å². The van der Waals surface area contributed by atoms with Gasteiger partial charge in [0, 0.05) is 6.04 Å². The Hall–Kier alpha value is -1.02. The third kappa shape index (κ3) is 3.22. The number of hydrogen-bond donors (Lipinski definition) is 2. The fraction of sp³-hybridized carbons (Fsp3) is 0.533. The van der Waals surface area contributed by atoms with E-state index in [1.807, 2.05) is 0 Å². The van der Waals surface area contributed by atoms with Gasteiger partial charge in [-0.25, -0.2) is 13.1 Å². The van der Waals surface area contributed by atoms with Crippen molar-refractivity contribution in [3.63, 3.8) is 0 Å². The van der Waals surface area contributed by atoms with Gasteiger partial charge in [0.15, 0.2) is 0 Å². The van der Waals surface area contributed by atoms with Gasteiger partial charge in [0.05, 0.1) is 23.1 Å². The topological polar surface area (TPSA) is 84.5 Å². The standard InChI is InChI=1S/C15H18Cl2N2O4S/c1-14(8-15(14,16)17)13(20)18-11-7-10(5-6-12(11)23-2)24(21,22)19-9-3-4-9/h5-7,9,19H,3-4,8H2,1-2H3,(H,18,20)/t14-/m1/s1. The summed E-state index contributed by atoms with van der Waals surface area (Å²) in [7, 11) is -2.19. The smallest absolute Gasteiger partial charge is 0.240 e. The molecule has 0 aliphatic heterocycles. The van der Waals surface area contributed by atoms with E-state index in [4.69, 9.17) is 27.9 Å². The number of halogens is 2. The number of carbonyl (C=O) groups excluding carboxylic acids is 1. The summed E-state index contributed by atoms with van der Waals surface area (Å²) in [5.74, 6) is -0.0248. The predicted octanol–water partition coefficient (Wildman–Crippen LogP) is 2.66. The molecule has 0 heterocycles. The van der Waals surface area contributed by atoms with Gasteiger partial charge >= 0.3 is 0 Å². The first-order valence-electron chi connectivity index (χ1n) is 7.49. The van der Waals surface area contributed by atoms with Crippen molar-refractivity contribution in [2.75, 3.05) is 12.4 Å². The van der Waals surface area contributed by atoms with Crippen molar-refractivity contribution in [1.29, 1.82) is 0 Å². The van der Waals surface area contributed by atoms with Crippen LogP contribution in [0.25, 0.3) is 0 Å². The molecule has 9 heteroatoms. The van der Waals surface area contributed by atoms with Crippen LogP contribution in [0.4, 0.5) is 5.69 Å². The maximum absolute atomic E-state index is 12.4. The number of carbonyl (C=O) groups is 1. The van der Waals surface area contributed by atoms with Crippen LogP contribution in [0.5, 0.6) is 5.75 Å². The van der Waals surface area contributed by atoms with Crippen LogP contribution in [-0.4, -0.2) is 31.8 Å². The average Bonchev–Trinajstić information content (AvgIpc) is 3.38. The third-order valence-corrected chi connectivity index (χ3v) is 7.01. The highest BCUT2D eigenvalue weighted by Crippen LogP contribution is 2.64. The van der Waals surface area contributed by atoms with Crippen LogP contribution >= 0.6 is 23.2 Å². The summed E-state index contributed by atoms with van der Waals surface area (Å²) in [6.45, 7) is 1.66. The van der Waals surface area contributed by atoms with Crippen LogP contribution in [0.2, 0.25) is 0 Å². The Morgan fingerprint density at radius 1 is 1.33 bits per heavy atom. The van der Waals surface area contributed by atoms with Crippen LogP contribution < -0.4 is 14.8 Å². The molecule has 0 spiro atoms. The normalized spacial score (nSPS) is 25.2. The molecule has 2 aliphatic carbocycles. The van der Waals surface area contributed by atoms with Gasteiger partial charge in [0.25, 0.3) is 0 Å². The van der Waals surface area contributed by atoms with Crippen molar-refractivity contribution in [2.45, 2.75) is 41.5 Å². The highest BCUT2D eigenvalue weighted by atomic mass is 35.5. The van der Waals surface area contributed by atoms with Gasteiger partial charge in [-0.3, -0.25) is 4.79 Å². The van der Waals surface area contributed by atoms with E-state index in [2.05, 4.69) is 10.0 Å². The summed E-state index contributed by atoms with van der Waals surface area (Å²) >= 11 is 12.0. The van der Waals surface area contributed by atoms with Gasteiger partial charge in [-0.05, 0) is 44.4 Å². The lowest BCUT2D eigenvalue weighted by atomic mass is 10.1. The fourth-order valence-corrected chi connectivity index (χ4v) is 4.38. The van der Waals surface area contributed by atoms with Crippen molar-refractivity contribution >= 4 is 44.8 Å². The molecule has 2 saturated carbocycles. The number of rotatable bonds is 6. The van der Waals surface area contributed by atoms with Crippen LogP contribution in [0.3, 0.4) is 0 Å². The van der Waals surface area contributed by atoms with Crippen molar-refractivity contribution in [3.8, 4) is 5.75 Å². The molecule has 6 nitrogen and oxygen atoms in total. The number of benzene rings is 1. The molecule has 0 saturated heterocycles. The second-order valence-corrected chi connectivity index (χ2v) is 9.62. The Morgan fingerprint density at radius 2 is 1.96 bits per heavy atom. The molecule has 0 aromatic heterocycles. The van der Waals surface area contributed by atoms with Gasteiger partial charge in [0.2, 0.25) is 15.9 Å². The number of amides is 1. The van der Waals surface area contributed by atoms with Gasteiger partial charge in [0.1, 0.15) is 10.1 Å². The summed E-state index contributed by atoms with van der Waals surface area (Å²) in [5, 5.41) is 2.68. The molecule has 2 fully saturated rings. The Morgan fingerprint density at radius 3 is 2.46 bits per heavy atom. The Bertz CT molecular complexity index is 793. The van der Waals surface area contributed by atoms with E-state index in [1.54, 1.807) is 6.92 Å². The largest absolute Gasteiger partial charge is 0.495 e. The second-order valence-electron chi connectivity index (χ2n) is 6.43. The predicted molar refractivity (Wildman–Crippen MR) is 92.1 cm³/mol. The maximum atomic E-state index is 12.4. The number of nitrogens with one attached hydrogen (secondary N) is 2. The fourth-order valence-electron chi connectivity index (χ4n) is 2.35. The summed E-state index contributed by atoms with van der Waals surface area (Å²) < 4.78 is 31.3. The van der Waals surface area contributed by atoms with Gasteiger partial charge in [-0.1, -0.05) is 0 Å². The van der Waals surface area contributed by atoms with Gasteiger partial charge < -0.3 is 10.1 Å². The molecule has 1 atom stereocenters. The number of ether oxygens (including phenoxy) is 1. The van der Waals surface area contributed by atoms with Crippen molar-refractivity contribution in [3.05, 3.63) is 18.2 Å². The molecular weight excluding hydrogens is 375 g/mol. The average molecular weight is 393 g/mol. The van der Waals surface area contributed by atoms with Crippen molar-refractivity contribution in [1.82, 2.24) is 4.72 Å². The molecule has 2 N–H and O–H groups in total. The maximum Gasteiger partial charge on any atom is 0.240 e. The summed E-state index contributed by atoms with van der Waals surface area (Å²) in [6.07, 6.45) is 2.01. The number of hydrogen-bond acceptors (Lipinski definition) is 4. The van der Waals surface area contributed by atoms with Crippen molar-refractivity contribution < 1.29 is 17.9 Å². The summed E-state index contributed by atoms with van der Waals surface area (Å²) in [6, 6.07) is 4.30. The first-order chi connectivity index (χ1) is 11.1. The Kier molecular flexibility index (Phi) is 4.27. The molecule has 3 rings (SSSR count). The summed E-state index contributed by atoms with van der Waals surface area (Å²) in [5.41, 5.74) is -0.652. The number of sulfonamides is 1. The zero-order valence-corrected chi connectivity index (χ0v) is 15.6. The van der Waals surface area contributed by atoms with Crippen LogP contribution in [0.1, 0.15) is 26.2 Å². The number of anilines is 1. The number of alkyl halides is 2. The first-order valence-corrected chi connectivity index (χ1v) is 9.73. The third-order valence-electron chi connectivity index (χ3n) is 4.39. The minimum absolute atomic E-state index is 0.00590. The second kappa shape index (κ2) is 5.76. The molecule has 1 aromatic carbocycles. The van der Waals surface area contributed by atoms with E-state index >= 15 is 0 Å². The molecule has 132 valence electrons. The lowest BCUT2D eigenvalue weighted by Gasteiger charge is -2.16. The van der Waals surface area contributed by atoms with E-state index < -0.39 is 19.8 Å². The first kappa shape index (κ1) is 17.8. The summed E-state index contributed by atoms with van der Waals surface area (Å²) in [4.78, 5) is 12.5.